The Morgan fingerprint density at radius 2 is 2.11 bits per heavy atom. The molecule has 106 valence electrons. The molecular formula is C16H26N2O. The molecule has 1 heterocycles. The van der Waals surface area contributed by atoms with Gasteiger partial charge in [-0.25, -0.2) is 0 Å². The predicted molar refractivity (Wildman–Crippen MR) is 79.1 cm³/mol. The summed E-state index contributed by atoms with van der Waals surface area (Å²) in [6, 6.07) is 9.23. The van der Waals surface area contributed by atoms with E-state index in [2.05, 4.69) is 41.5 Å². The van der Waals surface area contributed by atoms with E-state index in [0.717, 1.165) is 32.2 Å². The van der Waals surface area contributed by atoms with Gasteiger partial charge in [0.2, 0.25) is 0 Å². The summed E-state index contributed by atoms with van der Waals surface area (Å²) in [5.41, 5.74) is 2.64. The lowest BCUT2D eigenvalue weighted by molar-refractivity contribution is 0.101. The molecule has 0 amide bonds. The van der Waals surface area contributed by atoms with Gasteiger partial charge < -0.3 is 15.0 Å². The van der Waals surface area contributed by atoms with Crippen molar-refractivity contribution in [2.45, 2.75) is 38.5 Å². The molecule has 19 heavy (non-hydrogen) atoms. The molecule has 0 saturated carbocycles. The van der Waals surface area contributed by atoms with E-state index in [1.54, 1.807) is 0 Å². The van der Waals surface area contributed by atoms with Crippen molar-refractivity contribution < 1.29 is 4.74 Å². The Hall–Kier alpha value is -0.900. The molecule has 1 aromatic carbocycles. The lowest BCUT2D eigenvalue weighted by Gasteiger charge is -2.19. The number of likely N-dealkylation sites (tertiary alicyclic amines) is 1. The number of nitrogens with one attached hydrogen (secondary N) is 1. The molecule has 1 saturated heterocycles. The van der Waals surface area contributed by atoms with Crippen LogP contribution in [0.1, 0.15) is 30.4 Å². The van der Waals surface area contributed by atoms with Crippen molar-refractivity contribution in [2.24, 2.45) is 0 Å². The lowest BCUT2D eigenvalue weighted by atomic mass is 10.1. The van der Waals surface area contributed by atoms with Crippen molar-refractivity contribution in [3.63, 3.8) is 0 Å². The first-order valence-electron chi connectivity index (χ1n) is 7.30. The molecule has 3 heteroatoms. The zero-order chi connectivity index (χ0) is 13.5. The molecule has 0 radical (unpaired) electrons. The topological polar surface area (TPSA) is 24.5 Å². The van der Waals surface area contributed by atoms with E-state index in [1.165, 1.54) is 30.5 Å². The van der Waals surface area contributed by atoms with Crippen LogP contribution in [0.5, 0.6) is 0 Å². The standard InChI is InChI=1S/C16H26N2O/c1-17-12-14-6-3-4-7-15(14)13-19-11-9-16-8-5-10-18(16)2/h3-4,6-7,16-17H,5,8-13H2,1-2H3. The molecular weight excluding hydrogens is 236 g/mol. The van der Waals surface area contributed by atoms with E-state index in [1.807, 2.05) is 7.05 Å². The fourth-order valence-electron chi connectivity index (χ4n) is 2.81. The van der Waals surface area contributed by atoms with E-state index in [0.29, 0.717) is 0 Å². The fraction of sp³-hybridized carbons (Fsp3) is 0.625. The second-order valence-electron chi connectivity index (χ2n) is 5.42. The van der Waals surface area contributed by atoms with Gasteiger partial charge in [0.05, 0.1) is 6.61 Å². The van der Waals surface area contributed by atoms with E-state index < -0.39 is 0 Å². The monoisotopic (exact) mass is 262 g/mol. The van der Waals surface area contributed by atoms with Crippen molar-refractivity contribution in [3.8, 4) is 0 Å². The van der Waals surface area contributed by atoms with Crippen molar-refractivity contribution in [1.29, 1.82) is 0 Å². The van der Waals surface area contributed by atoms with Crippen LogP contribution < -0.4 is 5.32 Å². The third-order valence-electron chi connectivity index (χ3n) is 4.01. The molecule has 2 rings (SSSR count). The van der Waals surface area contributed by atoms with Gasteiger partial charge in [-0.1, -0.05) is 24.3 Å². The fourth-order valence-corrected chi connectivity index (χ4v) is 2.81. The summed E-state index contributed by atoms with van der Waals surface area (Å²) in [6.07, 6.45) is 3.83. The summed E-state index contributed by atoms with van der Waals surface area (Å²) < 4.78 is 5.86. The van der Waals surface area contributed by atoms with Gasteiger partial charge >= 0.3 is 0 Å². The Bertz CT molecular complexity index is 381. The molecule has 1 aliphatic heterocycles. The maximum absolute atomic E-state index is 5.86. The Kier molecular flexibility index (Phi) is 5.83. The second-order valence-corrected chi connectivity index (χ2v) is 5.42. The van der Waals surface area contributed by atoms with E-state index >= 15 is 0 Å². The highest BCUT2D eigenvalue weighted by atomic mass is 16.5. The van der Waals surface area contributed by atoms with Crippen LogP contribution in [-0.2, 0) is 17.9 Å². The van der Waals surface area contributed by atoms with E-state index in [4.69, 9.17) is 4.74 Å². The zero-order valence-corrected chi connectivity index (χ0v) is 12.2. The molecule has 1 N–H and O–H groups in total. The molecule has 0 aliphatic carbocycles. The molecule has 0 bridgehead atoms. The highest BCUT2D eigenvalue weighted by Gasteiger charge is 2.19. The van der Waals surface area contributed by atoms with Gasteiger partial charge in [-0.05, 0) is 51.0 Å². The highest BCUT2D eigenvalue weighted by Crippen LogP contribution is 2.18. The summed E-state index contributed by atoms with van der Waals surface area (Å²) in [4.78, 5) is 2.46. The number of hydrogen-bond donors (Lipinski definition) is 1. The number of hydrogen-bond acceptors (Lipinski definition) is 3. The average Bonchev–Trinajstić information content (AvgIpc) is 2.82. The van der Waals surface area contributed by atoms with Crippen LogP contribution in [0.15, 0.2) is 24.3 Å². The van der Waals surface area contributed by atoms with Crippen LogP contribution in [-0.4, -0.2) is 38.2 Å². The summed E-state index contributed by atoms with van der Waals surface area (Å²) in [6.45, 7) is 3.75. The van der Waals surface area contributed by atoms with Crippen molar-refractivity contribution in [1.82, 2.24) is 10.2 Å². The molecule has 1 aromatic rings. The maximum Gasteiger partial charge on any atom is 0.0720 e. The van der Waals surface area contributed by atoms with Crippen LogP contribution in [0.3, 0.4) is 0 Å². The van der Waals surface area contributed by atoms with Gasteiger partial charge in [0.15, 0.2) is 0 Å². The van der Waals surface area contributed by atoms with Crippen LogP contribution >= 0.6 is 0 Å². The maximum atomic E-state index is 5.86. The minimum atomic E-state index is 0.729. The molecule has 1 fully saturated rings. The SMILES string of the molecule is CNCc1ccccc1COCCC1CCCN1C. The zero-order valence-electron chi connectivity index (χ0n) is 12.2. The summed E-state index contributed by atoms with van der Waals surface area (Å²) in [5.74, 6) is 0. The van der Waals surface area contributed by atoms with Gasteiger partial charge in [-0.15, -0.1) is 0 Å². The third kappa shape index (κ3) is 4.30. The van der Waals surface area contributed by atoms with Gasteiger partial charge in [-0.3, -0.25) is 0 Å². The van der Waals surface area contributed by atoms with Gasteiger partial charge in [0.25, 0.3) is 0 Å². The largest absolute Gasteiger partial charge is 0.377 e. The van der Waals surface area contributed by atoms with E-state index in [-0.39, 0.29) is 0 Å². The Morgan fingerprint density at radius 1 is 1.32 bits per heavy atom. The predicted octanol–water partition coefficient (Wildman–Crippen LogP) is 2.41. The molecule has 3 nitrogen and oxygen atoms in total. The van der Waals surface area contributed by atoms with Crippen molar-refractivity contribution in [3.05, 3.63) is 35.4 Å². The van der Waals surface area contributed by atoms with Crippen molar-refractivity contribution >= 4 is 0 Å². The quantitative estimate of drug-likeness (QED) is 0.764. The number of benzene rings is 1. The highest BCUT2D eigenvalue weighted by molar-refractivity contribution is 5.26. The second kappa shape index (κ2) is 7.63. The first-order valence-corrected chi connectivity index (χ1v) is 7.30. The smallest absolute Gasteiger partial charge is 0.0720 e. The first-order chi connectivity index (χ1) is 9.31. The van der Waals surface area contributed by atoms with Crippen molar-refractivity contribution in [2.75, 3.05) is 27.2 Å². The van der Waals surface area contributed by atoms with Gasteiger partial charge in [0, 0.05) is 19.2 Å². The third-order valence-corrected chi connectivity index (χ3v) is 4.01. The lowest BCUT2D eigenvalue weighted by Crippen LogP contribution is -2.26. The minimum absolute atomic E-state index is 0.729. The Morgan fingerprint density at radius 3 is 2.79 bits per heavy atom. The summed E-state index contributed by atoms with van der Waals surface area (Å²) in [7, 11) is 4.20. The van der Waals surface area contributed by atoms with Crippen LogP contribution in [0, 0.1) is 0 Å². The van der Waals surface area contributed by atoms with Crippen LogP contribution in [0.4, 0.5) is 0 Å². The normalized spacial score (nSPS) is 20.0. The molecule has 1 unspecified atom stereocenters. The number of rotatable bonds is 7. The number of nitrogens with zero attached hydrogens (tertiary/aromatic N) is 1. The molecule has 0 spiro atoms. The average molecular weight is 262 g/mol. The van der Waals surface area contributed by atoms with Crippen LogP contribution in [0.2, 0.25) is 0 Å². The summed E-state index contributed by atoms with van der Waals surface area (Å²) in [5, 5.41) is 3.20. The Balaban J connectivity index is 1.73. The molecule has 1 aliphatic rings. The van der Waals surface area contributed by atoms with Crippen LogP contribution in [0.25, 0.3) is 0 Å². The summed E-state index contributed by atoms with van der Waals surface area (Å²) >= 11 is 0. The van der Waals surface area contributed by atoms with E-state index in [9.17, 15) is 0 Å². The first kappa shape index (κ1) is 14.5. The van der Waals surface area contributed by atoms with Gasteiger partial charge in [-0.2, -0.15) is 0 Å². The number of ether oxygens (including phenoxy) is 1. The minimum Gasteiger partial charge on any atom is -0.377 e. The molecule has 1 atom stereocenters. The Labute approximate surface area is 116 Å². The molecule has 0 aromatic heterocycles. The van der Waals surface area contributed by atoms with Gasteiger partial charge in [0.1, 0.15) is 0 Å².